The van der Waals surface area contributed by atoms with Crippen molar-refractivity contribution in [1.82, 2.24) is 14.1 Å². The maximum absolute atomic E-state index is 12.5. The molecule has 8 heteroatoms. The quantitative estimate of drug-likeness (QED) is 0.598. The zero-order chi connectivity index (χ0) is 21.7. The standard InChI is InChI=1S/C22H26N4O3S/c1-17(2)25(3)30(28,29)21-12-10-19(11-13-21)24-22(27)14-9-18-15-23-26(16-18)20-7-5-4-6-8-20/h4-8,10-13,15-17H,9,14H2,1-3H3,(H,24,27). The maximum atomic E-state index is 12.5. The first kappa shape index (κ1) is 21.7. The van der Waals surface area contributed by atoms with Crippen molar-refractivity contribution >= 4 is 21.6 Å². The second-order valence-corrected chi connectivity index (χ2v) is 9.31. The van der Waals surface area contributed by atoms with Gasteiger partial charge in [0.15, 0.2) is 0 Å². The predicted octanol–water partition coefficient (Wildman–Crippen LogP) is 3.47. The van der Waals surface area contributed by atoms with Gasteiger partial charge in [-0.25, -0.2) is 13.1 Å². The van der Waals surface area contributed by atoms with Crippen LogP contribution in [0.5, 0.6) is 0 Å². The minimum absolute atomic E-state index is 0.138. The van der Waals surface area contributed by atoms with E-state index in [1.165, 1.54) is 16.4 Å². The van der Waals surface area contributed by atoms with E-state index >= 15 is 0 Å². The van der Waals surface area contributed by atoms with Gasteiger partial charge in [-0.05, 0) is 62.2 Å². The molecule has 0 fully saturated rings. The number of carbonyl (C=O) groups is 1. The van der Waals surface area contributed by atoms with Crippen molar-refractivity contribution < 1.29 is 13.2 Å². The number of hydrogen-bond donors (Lipinski definition) is 1. The van der Waals surface area contributed by atoms with E-state index in [-0.39, 0.29) is 16.8 Å². The fraction of sp³-hybridized carbons (Fsp3) is 0.273. The Kier molecular flexibility index (Phi) is 6.69. The number of aromatic nitrogens is 2. The van der Waals surface area contributed by atoms with Crippen molar-refractivity contribution in [3.8, 4) is 5.69 Å². The number of carbonyl (C=O) groups excluding carboxylic acids is 1. The molecule has 1 amide bonds. The van der Waals surface area contributed by atoms with Gasteiger partial charge in [0.05, 0.1) is 16.8 Å². The van der Waals surface area contributed by atoms with Gasteiger partial charge in [-0.15, -0.1) is 0 Å². The van der Waals surface area contributed by atoms with Crippen molar-refractivity contribution in [2.24, 2.45) is 0 Å². The summed E-state index contributed by atoms with van der Waals surface area (Å²) in [5, 5.41) is 7.14. The lowest BCUT2D eigenvalue weighted by Gasteiger charge is -2.21. The van der Waals surface area contributed by atoms with Crippen molar-refractivity contribution in [2.75, 3.05) is 12.4 Å². The Labute approximate surface area is 177 Å². The number of anilines is 1. The summed E-state index contributed by atoms with van der Waals surface area (Å²) in [6.45, 7) is 3.63. The molecule has 0 atom stereocenters. The number of nitrogens with zero attached hydrogens (tertiary/aromatic N) is 3. The summed E-state index contributed by atoms with van der Waals surface area (Å²) in [5.74, 6) is -0.141. The second-order valence-electron chi connectivity index (χ2n) is 7.32. The van der Waals surface area contributed by atoms with Crippen LogP contribution < -0.4 is 5.32 Å². The van der Waals surface area contributed by atoms with Gasteiger partial charge in [0.1, 0.15) is 0 Å². The summed E-state index contributed by atoms with van der Waals surface area (Å²) < 4.78 is 28.1. The van der Waals surface area contributed by atoms with Gasteiger partial charge in [-0.3, -0.25) is 4.79 Å². The Bertz CT molecular complexity index is 1090. The smallest absolute Gasteiger partial charge is 0.243 e. The van der Waals surface area contributed by atoms with E-state index in [0.717, 1.165) is 11.3 Å². The van der Waals surface area contributed by atoms with Gasteiger partial charge in [0, 0.05) is 31.4 Å². The number of hydrogen-bond acceptors (Lipinski definition) is 4. The Morgan fingerprint density at radius 3 is 2.40 bits per heavy atom. The van der Waals surface area contributed by atoms with E-state index < -0.39 is 10.0 Å². The summed E-state index contributed by atoms with van der Waals surface area (Å²) >= 11 is 0. The third kappa shape index (κ3) is 5.14. The molecule has 0 saturated heterocycles. The number of benzene rings is 2. The van der Waals surface area contributed by atoms with Crippen molar-refractivity contribution in [2.45, 2.75) is 37.6 Å². The summed E-state index contributed by atoms with van der Waals surface area (Å²) in [5.41, 5.74) is 2.49. The third-order valence-corrected chi connectivity index (χ3v) is 6.89. The lowest BCUT2D eigenvalue weighted by atomic mass is 10.2. The van der Waals surface area contributed by atoms with Crippen LogP contribution in [0.4, 0.5) is 5.69 Å². The molecule has 1 heterocycles. The molecule has 0 unspecified atom stereocenters. The minimum atomic E-state index is -3.54. The first-order chi connectivity index (χ1) is 14.3. The molecule has 0 aliphatic rings. The highest BCUT2D eigenvalue weighted by atomic mass is 32.2. The molecule has 158 valence electrons. The largest absolute Gasteiger partial charge is 0.326 e. The van der Waals surface area contributed by atoms with Crippen LogP contribution in [0.2, 0.25) is 0 Å². The highest BCUT2D eigenvalue weighted by Gasteiger charge is 2.22. The first-order valence-corrected chi connectivity index (χ1v) is 11.2. The zero-order valence-corrected chi connectivity index (χ0v) is 18.1. The topological polar surface area (TPSA) is 84.3 Å². The Hall–Kier alpha value is -2.97. The van der Waals surface area contributed by atoms with Crippen LogP contribution in [0.25, 0.3) is 5.69 Å². The van der Waals surface area contributed by atoms with Crippen LogP contribution in [0.15, 0.2) is 71.9 Å². The molecule has 7 nitrogen and oxygen atoms in total. The Balaban J connectivity index is 1.56. The average molecular weight is 427 g/mol. The molecule has 1 N–H and O–H groups in total. The molecule has 0 aliphatic heterocycles. The predicted molar refractivity (Wildman–Crippen MR) is 117 cm³/mol. The maximum Gasteiger partial charge on any atom is 0.243 e. The molecule has 3 aromatic rings. The van der Waals surface area contributed by atoms with Gasteiger partial charge in [-0.1, -0.05) is 18.2 Å². The average Bonchev–Trinajstić information content (AvgIpc) is 3.22. The van der Waals surface area contributed by atoms with Crippen molar-refractivity contribution in [3.05, 3.63) is 72.6 Å². The number of sulfonamides is 1. The van der Waals surface area contributed by atoms with Gasteiger partial charge < -0.3 is 5.32 Å². The van der Waals surface area contributed by atoms with E-state index in [4.69, 9.17) is 0 Å². The summed E-state index contributed by atoms with van der Waals surface area (Å²) in [4.78, 5) is 12.5. The van der Waals surface area contributed by atoms with Crippen LogP contribution in [-0.2, 0) is 21.2 Å². The minimum Gasteiger partial charge on any atom is -0.326 e. The number of rotatable bonds is 8. The van der Waals surface area contributed by atoms with E-state index in [1.807, 2.05) is 50.4 Å². The lowest BCUT2D eigenvalue weighted by Crippen LogP contribution is -2.33. The normalized spacial score (nSPS) is 11.8. The zero-order valence-electron chi connectivity index (χ0n) is 17.3. The molecule has 0 radical (unpaired) electrons. The van der Waals surface area contributed by atoms with E-state index in [1.54, 1.807) is 30.1 Å². The molecular weight excluding hydrogens is 400 g/mol. The molecule has 1 aromatic heterocycles. The Morgan fingerprint density at radius 2 is 1.77 bits per heavy atom. The molecule has 0 aliphatic carbocycles. The number of aryl methyl sites for hydroxylation is 1. The van der Waals surface area contributed by atoms with Crippen LogP contribution in [0, 0.1) is 0 Å². The Morgan fingerprint density at radius 1 is 1.10 bits per heavy atom. The molecule has 3 rings (SSSR count). The van der Waals surface area contributed by atoms with Crippen LogP contribution in [0.3, 0.4) is 0 Å². The van der Waals surface area contributed by atoms with E-state index in [0.29, 0.717) is 18.5 Å². The summed E-state index contributed by atoms with van der Waals surface area (Å²) in [7, 11) is -1.99. The lowest BCUT2D eigenvalue weighted by molar-refractivity contribution is -0.116. The molecule has 2 aromatic carbocycles. The fourth-order valence-corrected chi connectivity index (χ4v) is 4.21. The summed E-state index contributed by atoms with van der Waals surface area (Å²) in [6.07, 6.45) is 4.53. The number of amides is 1. The molecule has 0 saturated carbocycles. The van der Waals surface area contributed by atoms with Gasteiger partial charge in [-0.2, -0.15) is 9.40 Å². The highest BCUT2D eigenvalue weighted by Crippen LogP contribution is 2.19. The van der Waals surface area contributed by atoms with Gasteiger partial charge >= 0.3 is 0 Å². The van der Waals surface area contributed by atoms with E-state index in [9.17, 15) is 13.2 Å². The third-order valence-electron chi connectivity index (χ3n) is 4.84. The van der Waals surface area contributed by atoms with Gasteiger partial charge in [0.25, 0.3) is 0 Å². The first-order valence-electron chi connectivity index (χ1n) is 9.74. The monoisotopic (exact) mass is 426 g/mol. The SMILES string of the molecule is CC(C)N(C)S(=O)(=O)c1ccc(NC(=O)CCc2cnn(-c3ccccc3)c2)cc1. The van der Waals surface area contributed by atoms with Crippen molar-refractivity contribution in [1.29, 1.82) is 0 Å². The number of para-hydroxylation sites is 1. The molecular formula is C22H26N4O3S. The van der Waals surface area contributed by atoms with Crippen LogP contribution in [0.1, 0.15) is 25.8 Å². The number of nitrogens with one attached hydrogen (secondary N) is 1. The summed E-state index contributed by atoms with van der Waals surface area (Å²) in [6, 6.07) is 15.9. The molecule has 30 heavy (non-hydrogen) atoms. The second kappa shape index (κ2) is 9.23. The van der Waals surface area contributed by atoms with Gasteiger partial charge in [0.2, 0.25) is 15.9 Å². The molecule has 0 spiro atoms. The van der Waals surface area contributed by atoms with Crippen molar-refractivity contribution in [3.63, 3.8) is 0 Å². The van der Waals surface area contributed by atoms with Crippen LogP contribution in [-0.4, -0.2) is 41.5 Å². The molecule has 0 bridgehead atoms. The van der Waals surface area contributed by atoms with E-state index in [2.05, 4.69) is 10.4 Å². The van der Waals surface area contributed by atoms with Crippen LogP contribution >= 0.6 is 0 Å². The highest BCUT2D eigenvalue weighted by molar-refractivity contribution is 7.89. The fourth-order valence-electron chi connectivity index (χ4n) is 2.85.